The van der Waals surface area contributed by atoms with Crippen LogP contribution in [-0.4, -0.2) is 28.5 Å². The molecule has 0 aliphatic carbocycles. The number of rotatable bonds is 10. The van der Waals surface area contributed by atoms with Crippen molar-refractivity contribution in [2.45, 2.75) is 45.8 Å². The van der Waals surface area contributed by atoms with Crippen LogP contribution in [-0.2, 0) is 22.7 Å². The van der Waals surface area contributed by atoms with E-state index in [2.05, 4.69) is 6.92 Å². The maximum atomic E-state index is 10.9. The van der Waals surface area contributed by atoms with Gasteiger partial charge in [0.2, 0.25) is 0 Å². The molecule has 0 radical (unpaired) electrons. The Balaban J connectivity index is 2.56. The third kappa shape index (κ3) is 5.26. The highest BCUT2D eigenvalue weighted by atomic mass is 16.5. The highest BCUT2D eigenvalue weighted by molar-refractivity contribution is 5.72. The summed E-state index contributed by atoms with van der Waals surface area (Å²) in [5, 5.41) is 8.63. The van der Waals surface area contributed by atoms with E-state index < -0.39 is 5.97 Å². The second kappa shape index (κ2) is 8.48. The largest absolute Gasteiger partial charge is 0.481 e. The SMILES string of the molecule is CCCCOCc1ccc(C=O)n1CCCC(=O)O. The number of unbranched alkanes of at least 4 members (excludes halogenated alkanes) is 1. The molecule has 5 nitrogen and oxygen atoms in total. The standard InChI is InChI=1S/C14H21NO4/c1-2-3-9-19-11-13-7-6-12(10-16)15(13)8-4-5-14(17)18/h6-7,10H,2-5,8-9,11H2,1H3,(H,17,18). The van der Waals surface area contributed by atoms with Crippen molar-refractivity contribution < 1.29 is 19.4 Å². The summed E-state index contributed by atoms with van der Waals surface area (Å²) in [6.07, 6.45) is 3.50. The Morgan fingerprint density at radius 2 is 2.21 bits per heavy atom. The third-order valence-electron chi connectivity index (χ3n) is 2.89. The van der Waals surface area contributed by atoms with Gasteiger partial charge in [0.1, 0.15) is 0 Å². The number of ether oxygens (including phenoxy) is 1. The van der Waals surface area contributed by atoms with E-state index in [0.717, 1.165) is 24.8 Å². The predicted molar refractivity (Wildman–Crippen MR) is 71.3 cm³/mol. The van der Waals surface area contributed by atoms with Gasteiger partial charge in [-0.2, -0.15) is 0 Å². The smallest absolute Gasteiger partial charge is 0.303 e. The molecule has 0 aromatic carbocycles. The van der Waals surface area contributed by atoms with Gasteiger partial charge in [0.15, 0.2) is 6.29 Å². The summed E-state index contributed by atoms with van der Waals surface area (Å²) in [5.41, 5.74) is 1.49. The monoisotopic (exact) mass is 267 g/mol. The maximum absolute atomic E-state index is 10.9. The summed E-state index contributed by atoms with van der Waals surface area (Å²) >= 11 is 0. The van der Waals surface area contributed by atoms with E-state index in [1.807, 2.05) is 10.6 Å². The number of aliphatic carboxylic acids is 1. The maximum Gasteiger partial charge on any atom is 0.303 e. The summed E-state index contributed by atoms with van der Waals surface area (Å²) in [4.78, 5) is 21.4. The lowest BCUT2D eigenvalue weighted by atomic mass is 10.3. The number of hydrogen-bond donors (Lipinski definition) is 1. The number of aromatic nitrogens is 1. The van der Waals surface area contributed by atoms with Crippen LogP contribution in [0.3, 0.4) is 0 Å². The van der Waals surface area contributed by atoms with Gasteiger partial charge in [-0.25, -0.2) is 0 Å². The molecule has 0 fully saturated rings. The van der Waals surface area contributed by atoms with Gasteiger partial charge >= 0.3 is 5.97 Å². The zero-order valence-electron chi connectivity index (χ0n) is 11.3. The van der Waals surface area contributed by atoms with Gasteiger partial charge < -0.3 is 14.4 Å². The van der Waals surface area contributed by atoms with Crippen molar-refractivity contribution in [2.75, 3.05) is 6.61 Å². The van der Waals surface area contributed by atoms with Gasteiger partial charge in [-0.05, 0) is 25.0 Å². The minimum absolute atomic E-state index is 0.104. The lowest BCUT2D eigenvalue weighted by Crippen LogP contribution is -2.09. The van der Waals surface area contributed by atoms with E-state index in [1.54, 1.807) is 6.07 Å². The van der Waals surface area contributed by atoms with Crippen LogP contribution in [0.5, 0.6) is 0 Å². The first kappa shape index (κ1) is 15.4. The Bertz CT molecular complexity index is 412. The van der Waals surface area contributed by atoms with Gasteiger partial charge in [-0.3, -0.25) is 9.59 Å². The Hall–Kier alpha value is -1.62. The molecule has 0 aliphatic rings. The molecule has 0 unspecified atom stereocenters. The average Bonchev–Trinajstić information content (AvgIpc) is 2.77. The van der Waals surface area contributed by atoms with Crippen LogP contribution in [0.25, 0.3) is 0 Å². The third-order valence-corrected chi connectivity index (χ3v) is 2.89. The van der Waals surface area contributed by atoms with E-state index in [9.17, 15) is 9.59 Å². The van der Waals surface area contributed by atoms with Gasteiger partial charge in [0.25, 0.3) is 0 Å². The Morgan fingerprint density at radius 3 is 2.84 bits per heavy atom. The fourth-order valence-corrected chi connectivity index (χ4v) is 1.84. The molecule has 0 aliphatic heterocycles. The molecule has 0 bridgehead atoms. The predicted octanol–water partition coefficient (Wildman–Crippen LogP) is 2.48. The number of carboxylic acid groups (broad SMARTS) is 1. The lowest BCUT2D eigenvalue weighted by molar-refractivity contribution is -0.137. The summed E-state index contributed by atoms with van der Waals surface area (Å²) in [5.74, 6) is -0.819. The van der Waals surface area contributed by atoms with Crippen molar-refractivity contribution >= 4 is 12.3 Å². The van der Waals surface area contributed by atoms with Crippen LogP contribution in [0.2, 0.25) is 0 Å². The minimum Gasteiger partial charge on any atom is -0.481 e. The van der Waals surface area contributed by atoms with Crippen LogP contribution in [0.1, 0.15) is 48.8 Å². The number of aldehydes is 1. The molecule has 1 N–H and O–H groups in total. The topological polar surface area (TPSA) is 68.5 Å². The zero-order chi connectivity index (χ0) is 14.1. The first-order valence-electron chi connectivity index (χ1n) is 6.62. The molecule has 0 spiro atoms. The van der Waals surface area contributed by atoms with Crippen molar-refractivity contribution in [3.63, 3.8) is 0 Å². The van der Waals surface area contributed by atoms with Gasteiger partial charge in [0.05, 0.1) is 12.3 Å². The molecule has 19 heavy (non-hydrogen) atoms. The summed E-state index contributed by atoms with van der Waals surface area (Å²) in [6.45, 7) is 3.79. The molecule has 1 aromatic heterocycles. The van der Waals surface area contributed by atoms with Crippen molar-refractivity contribution in [1.82, 2.24) is 4.57 Å². The number of hydrogen-bond acceptors (Lipinski definition) is 3. The highest BCUT2D eigenvalue weighted by Crippen LogP contribution is 2.11. The van der Waals surface area contributed by atoms with Crippen molar-refractivity contribution in [1.29, 1.82) is 0 Å². The van der Waals surface area contributed by atoms with E-state index in [4.69, 9.17) is 9.84 Å². The summed E-state index contributed by atoms with van der Waals surface area (Å²) in [7, 11) is 0. The molecular formula is C14H21NO4. The number of carbonyl (C=O) groups excluding carboxylic acids is 1. The summed E-state index contributed by atoms with van der Waals surface area (Å²) < 4.78 is 7.37. The number of carboxylic acids is 1. The quantitative estimate of drug-likeness (QED) is 0.522. The van der Waals surface area contributed by atoms with E-state index in [0.29, 0.717) is 31.9 Å². The van der Waals surface area contributed by atoms with Crippen molar-refractivity contribution in [3.8, 4) is 0 Å². The molecule has 1 rings (SSSR count). The van der Waals surface area contributed by atoms with E-state index >= 15 is 0 Å². The van der Waals surface area contributed by atoms with Crippen LogP contribution in [0.4, 0.5) is 0 Å². The summed E-state index contributed by atoms with van der Waals surface area (Å²) in [6, 6.07) is 3.60. The number of nitrogens with zero attached hydrogens (tertiary/aromatic N) is 1. The Morgan fingerprint density at radius 1 is 1.42 bits per heavy atom. The van der Waals surface area contributed by atoms with Crippen LogP contribution < -0.4 is 0 Å². The van der Waals surface area contributed by atoms with Crippen molar-refractivity contribution in [2.24, 2.45) is 0 Å². The second-order valence-electron chi connectivity index (χ2n) is 4.42. The molecule has 1 aromatic rings. The average molecular weight is 267 g/mol. The lowest BCUT2D eigenvalue weighted by Gasteiger charge is -2.11. The highest BCUT2D eigenvalue weighted by Gasteiger charge is 2.08. The molecule has 106 valence electrons. The van der Waals surface area contributed by atoms with E-state index in [-0.39, 0.29) is 6.42 Å². The normalized spacial score (nSPS) is 10.6. The number of carbonyl (C=O) groups is 2. The zero-order valence-corrected chi connectivity index (χ0v) is 11.3. The first-order valence-corrected chi connectivity index (χ1v) is 6.62. The van der Waals surface area contributed by atoms with E-state index in [1.165, 1.54) is 0 Å². The first-order chi connectivity index (χ1) is 9.19. The van der Waals surface area contributed by atoms with Gasteiger partial charge in [-0.1, -0.05) is 13.3 Å². The van der Waals surface area contributed by atoms with Crippen LogP contribution in [0.15, 0.2) is 12.1 Å². The minimum atomic E-state index is -0.819. The Kier molecular flexibility index (Phi) is 6.89. The molecule has 0 saturated carbocycles. The van der Waals surface area contributed by atoms with Crippen LogP contribution in [0, 0.1) is 0 Å². The molecule has 5 heteroatoms. The van der Waals surface area contributed by atoms with Crippen molar-refractivity contribution in [3.05, 3.63) is 23.5 Å². The molecule has 0 saturated heterocycles. The molecular weight excluding hydrogens is 246 g/mol. The molecule has 0 amide bonds. The van der Waals surface area contributed by atoms with Gasteiger partial charge in [-0.15, -0.1) is 0 Å². The molecule has 0 atom stereocenters. The molecule has 1 heterocycles. The fourth-order valence-electron chi connectivity index (χ4n) is 1.84. The fraction of sp³-hybridized carbons (Fsp3) is 0.571. The second-order valence-corrected chi connectivity index (χ2v) is 4.42. The Labute approximate surface area is 113 Å². The van der Waals surface area contributed by atoms with Gasteiger partial charge in [0, 0.05) is 25.3 Å². The van der Waals surface area contributed by atoms with Crippen LogP contribution >= 0.6 is 0 Å².